The molecule has 3 N–H and O–H groups in total. The molecule has 0 aliphatic rings. The Balaban J connectivity index is 1.85. The summed E-state index contributed by atoms with van der Waals surface area (Å²) in [5.74, 6) is -0.0821. The van der Waals surface area contributed by atoms with E-state index in [2.05, 4.69) is 5.32 Å². The maximum Gasteiger partial charge on any atom is 0.253 e. The Morgan fingerprint density at radius 3 is 2.86 bits per heavy atom. The number of nitrogens with two attached hydrogens (primary N) is 1. The normalized spacial score (nSPS) is 10.3. The van der Waals surface area contributed by atoms with Gasteiger partial charge >= 0.3 is 0 Å². The highest BCUT2D eigenvalue weighted by molar-refractivity contribution is 5.91. The quantitative estimate of drug-likeness (QED) is 0.826. The van der Waals surface area contributed by atoms with Gasteiger partial charge in [-0.25, -0.2) is 0 Å². The minimum absolute atomic E-state index is 0.00580. The van der Waals surface area contributed by atoms with Crippen LogP contribution >= 0.6 is 0 Å². The highest BCUT2D eigenvalue weighted by Gasteiger charge is 2.04. The number of carbonyl (C=O) groups excluding carboxylic acids is 1. The zero-order valence-electron chi connectivity index (χ0n) is 12.0. The molecule has 1 aromatic heterocycles. The van der Waals surface area contributed by atoms with Crippen LogP contribution in [0.25, 0.3) is 0 Å². The molecule has 0 bridgehead atoms. The molecule has 0 fully saturated rings. The summed E-state index contributed by atoms with van der Waals surface area (Å²) < 4.78 is 1.63. The molecule has 0 saturated heterocycles. The molecule has 0 unspecified atom stereocenters. The number of anilines is 2. The minimum Gasteiger partial charge on any atom is -0.399 e. The van der Waals surface area contributed by atoms with Crippen LogP contribution < -0.4 is 16.6 Å². The highest BCUT2D eigenvalue weighted by atomic mass is 16.1. The average Bonchev–Trinajstić information content (AvgIpc) is 2.43. The van der Waals surface area contributed by atoms with Gasteiger partial charge in [0, 0.05) is 36.1 Å². The van der Waals surface area contributed by atoms with Crippen molar-refractivity contribution in [3.63, 3.8) is 0 Å². The first-order chi connectivity index (χ1) is 10.1. The van der Waals surface area contributed by atoms with Crippen LogP contribution in [0.15, 0.2) is 47.4 Å². The predicted molar refractivity (Wildman–Crippen MR) is 84.2 cm³/mol. The van der Waals surface area contributed by atoms with Crippen molar-refractivity contribution in [3.8, 4) is 0 Å². The number of hydrogen-bond acceptors (Lipinski definition) is 3. The van der Waals surface area contributed by atoms with Crippen LogP contribution in [0.2, 0.25) is 0 Å². The van der Waals surface area contributed by atoms with Crippen LogP contribution in [0.5, 0.6) is 0 Å². The summed E-state index contributed by atoms with van der Waals surface area (Å²) in [4.78, 5) is 23.6. The number of nitrogen functional groups attached to an aromatic ring is 1. The molecule has 2 rings (SSSR count). The largest absolute Gasteiger partial charge is 0.399 e. The van der Waals surface area contributed by atoms with Gasteiger partial charge in [-0.2, -0.15) is 0 Å². The zero-order chi connectivity index (χ0) is 15.2. The summed E-state index contributed by atoms with van der Waals surface area (Å²) in [7, 11) is 0. The molecule has 0 aliphatic carbocycles. The molecule has 21 heavy (non-hydrogen) atoms. The molecule has 1 amide bonds. The average molecular weight is 285 g/mol. The lowest BCUT2D eigenvalue weighted by molar-refractivity contribution is -0.116. The Morgan fingerprint density at radius 2 is 2.10 bits per heavy atom. The van der Waals surface area contributed by atoms with E-state index in [1.54, 1.807) is 48.0 Å². The van der Waals surface area contributed by atoms with Crippen LogP contribution in [0, 0.1) is 6.92 Å². The van der Waals surface area contributed by atoms with Gasteiger partial charge in [0.15, 0.2) is 0 Å². The molecule has 0 aliphatic heterocycles. The summed E-state index contributed by atoms with van der Waals surface area (Å²) >= 11 is 0. The van der Waals surface area contributed by atoms with Gasteiger partial charge in [-0.1, -0.05) is 12.1 Å². The Morgan fingerprint density at radius 1 is 1.29 bits per heavy atom. The number of carbonyl (C=O) groups is 1. The van der Waals surface area contributed by atoms with E-state index in [-0.39, 0.29) is 11.5 Å². The standard InChI is InChI=1S/C16H19N3O2/c1-12-5-3-9-19(16(12)21)10-4-8-15(20)18-14-7-2-6-13(17)11-14/h2-3,5-7,9,11H,4,8,10,17H2,1H3,(H,18,20). The number of pyridine rings is 1. The maximum atomic E-state index is 11.8. The van der Waals surface area contributed by atoms with E-state index in [9.17, 15) is 9.59 Å². The van der Waals surface area contributed by atoms with Crippen LogP contribution in [-0.4, -0.2) is 10.5 Å². The first-order valence-electron chi connectivity index (χ1n) is 6.88. The van der Waals surface area contributed by atoms with E-state index in [1.807, 2.05) is 6.07 Å². The Kier molecular flexibility index (Phi) is 4.77. The van der Waals surface area contributed by atoms with Crippen LogP contribution in [0.3, 0.4) is 0 Å². The van der Waals surface area contributed by atoms with Crippen molar-refractivity contribution >= 4 is 17.3 Å². The molecule has 2 aromatic rings. The molecule has 0 atom stereocenters. The number of aryl methyl sites for hydroxylation is 2. The lowest BCUT2D eigenvalue weighted by Gasteiger charge is -2.08. The number of aromatic nitrogens is 1. The molecule has 110 valence electrons. The van der Waals surface area contributed by atoms with E-state index in [0.717, 1.165) is 0 Å². The van der Waals surface area contributed by atoms with Crippen LogP contribution in [0.1, 0.15) is 18.4 Å². The molecule has 5 nitrogen and oxygen atoms in total. The summed E-state index contributed by atoms with van der Waals surface area (Å²) in [5.41, 5.74) is 7.65. The summed E-state index contributed by atoms with van der Waals surface area (Å²) in [6, 6.07) is 10.7. The van der Waals surface area contributed by atoms with Gasteiger partial charge < -0.3 is 15.6 Å². The van der Waals surface area contributed by atoms with Crippen molar-refractivity contribution in [2.24, 2.45) is 0 Å². The van der Waals surface area contributed by atoms with Crippen LogP contribution in [0.4, 0.5) is 11.4 Å². The molecule has 0 saturated carbocycles. The van der Waals surface area contributed by atoms with Gasteiger partial charge in [0.2, 0.25) is 5.91 Å². The maximum absolute atomic E-state index is 11.8. The van der Waals surface area contributed by atoms with Crippen molar-refractivity contribution in [2.75, 3.05) is 11.1 Å². The third kappa shape index (κ3) is 4.21. The molecule has 1 heterocycles. The fourth-order valence-corrected chi connectivity index (χ4v) is 2.08. The number of amides is 1. The molecule has 0 radical (unpaired) electrons. The predicted octanol–water partition coefficient (Wildman–Crippen LogP) is 2.16. The second-order valence-electron chi connectivity index (χ2n) is 4.97. The molecule has 1 aromatic carbocycles. The van der Waals surface area contributed by atoms with E-state index >= 15 is 0 Å². The van der Waals surface area contributed by atoms with Crippen LogP contribution in [-0.2, 0) is 11.3 Å². The second kappa shape index (κ2) is 6.74. The fourth-order valence-electron chi connectivity index (χ4n) is 2.08. The Hall–Kier alpha value is -2.56. The third-order valence-electron chi connectivity index (χ3n) is 3.18. The summed E-state index contributed by atoms with van der Waals surface area (Å²) in [6.45, 7) is 2.32. The van der Waals surface area contributed by atoms with E-state index < -0.39 is 0 Å². The number of benzene rings is 1. The van der Waals surface area contributed by atoms with E-state index in [1.165, 1.54) is 0 Å². The number of nitrogens with zero attached hydrogens (tertiary/aromatic N) is 1. The molecular formula is C16H19N3O2. The summed E-state index contributed by atoms with van der Waals surface area (Å²) in [5, 5.41) is 2.79. The van der Waals surface area contributed by atoms with Gasteiger partial charge in [0.25, 0.3) is 5.56 Å². The zero-order valence-corrected chi connectivity index (χ0v) is 12.0. The highest BCUT2D eigenvalue weighted by Crippen LogP contribution is 2.12. The van der Waals surface area contributed by atoms with Crippen molar-refractivity contribution in [1.82, 2.24) is 4.57 Å². The van der Waals surface area contributed by atoms with E-state index in [4.69, 9.17) is 5.73 Å². The van der Waals surface area contributed by atoms with Gasteiger partial charge in [0.05, 0.1) is 0 Å². The second-order valence-corrected chi connectivity index (χ2v) is 4.97. The van der Waals surface area contributed by atoms with Crippen molar-refractivity contribution in [2.45, 2.75) is 26.3 Å². The molecule has 5 heteroatoms. The van der Waals surface area contributed by atoms with Crippen molar-refractivity contribution in [3.05, 3.63) is 58.5 Å². The Bertz CT molecular complexity index is 692. The van der Waals surface area contributed by atoms with Gasteiger partial charge in [-0.05, 0) is 37.6 Å². The molecular weight excluding hydrogens is 266 g/mol. The minimum atomic E-state index is -0.0821. The van der Waals surface area contributed by atoms with Gasteiger partial charge in [-0.3, -0.25) is 9.59 Å². The number of rotatable bonds is 5. The molecule has 0 spiro atoms. The van der Waals surface area contributed by atoms with Crippen molar-refractivity contribution in [1.29, 1.82) is 0 Å². The third-order valence-corrected chi connectivity index (χ3v) is 3.18. The van der Waals surface area contributed by atoms with Crippen molar-refractivity contribution < 1.29 is 4.79 Å². The first kappa shape index (κ1) is 14.8. The first-order valence-corrected chi connectivity index (χ1v) is 6.88. The smallest absolute Gasteiger partial charge is 0.253 e. The fraction of sp³-hybridized carbons (Fsp3) is 0.250. The topological polar surface area (TPSA) is 77.1 Å². The van der Waals surface area contributed by atoms with Gasteiger partial charge in [0.1, 0.15) is 0 Å². The number of hydrogen-bond donors (Lipinski definition) is 2. The Labute approximate surface area is 123 Å². The number of nitrogens with one attached hydrogen (secondary N) is 1. The lowest BCUT2D eigenvalue weighted by Crippen LogP contribution is -2.22. The van der Waals surface area contributed by atoms with Gasteiger partial charge in [-0.15, -0.1) is 0 Å². The lowest BCUT2D eigenvalue weighted by atomic mass is 10.2. The summed E-state index contributed by atoms with van der Waals surface area (Å²) in [6.07, 6.45) is 2.71. The SMILES string of the molecule is Cc1cccn(CCCC(=O)Nc2cccc(N)c2)c1=O. The monoisotopic (exact) mass is 285 g/mol. The van der Waals surface area contributed by atoms with E-state index in [0.29, 0.717) is 36.3 Å².